The van der Waals surface area contributed by atoms with Gasteiger partial charge in [0.05, 0.1) is 10.9 Å². The summed E-state index contributed by atoms with van der Waals surface area (Å²) >= 11 is 5.31. The lowest BCUT2D eigenvalue weighted by Gasteiger charge is -2.30. The van der Waals surface area contributed by atoms with Crippen LogP contribution in [-0.2, 0) is 13.0 Å². The van der Waals surface area contributed by atoms with Crippen LogP contribution < -0.4 is 21.7 Å². The van der Waals surface area contributed by atoms with Crippen molar-refractivity contribution in [3.05, 3.63) is 39.9 Å². The van der Waals surface area contributed by atoms with Gasteiger partial charge in [-0.2, -0.15) is 0 Å². The summed E-state index contributed by atoms with van der Waals surface area (Å²) in [5, 5.41) is 4.25. The molecule has 8 heteroatoms. The van der Waals surface area contributed by atoms with Crippen LogP contribution in [0.25, 0.3) is 10.9 Å². The van der Waals surface area contributed by atoms with Crippen molar-refractivity contribution >= 4 is 34.1 Å². The second-order valence-electron chi connectivity index (χ2n) is 7.74. The zero-order valence-corrected chi connectivity index (χ0v) is 16.8. The van der Waals surface area contributed by atoms with Gasteiger partial charge in [0.25, 0.3) is 11.5 Å². The highest BCUT2D eigenvalue weighted by molar-refractivity contribution is 7.80. The van der Waals surface area contributed by atoms with E-state index in [0.29, 0.717) is 40.1 Å². The van der Waals surface area contributed by atoms with E-state index in [-0.39, 0.29) is 11.5 Å². The van der Waals surface area contributed by atoms with Gasteiger partial charge < -0.3 is 5.32 Å². The van der Waals surface area contributed by atoms with Crippen LogP contribution in [0, 0.1) is 5.92 Å². The quantitative estimate of drug-likeness (QED) is 0.529. The van der Waals surface area contributed by atoms with E-state index in [1.807, 2.05) is 0 Å². The number of benzene rings is 1. The third-order valence-corrected chi connectivity index (χ3v) is 6.02. The highest BCUT2D eigenvalue weighted by Gasteiger charge is 2.22. The zero-order valence-electron chi connectivity index (χ0n) is 16.0. The predicted octanol–water partition coefficient (Wildman–Crippen LogP) is 2.03. The van der Waals surface area contributed by atoms with E-state index in [1.54, 1.807) is 22.8 Å². The molecule has 1 aromatic heterocycles. The molecule has 148 valence electrons. The Morgan fingerprint density at radius 3 is 2.86 bits per heavy atom. The summed E-state index contributed by atoms with van der Waals surface area (Å²) in [4.78, 5) is 29.6. The Labute approximate surface area is 168 Å². The third-order valence-electron chi connectivity index (χ3n) is 5.80. The molecule has 7 nitrogen and oxygen atoms in total. The molecule has 2 heterocycles. The summed E-state index contributed by atoms with van der Waals surface area (Å²) in [6.45, 7) is 2.94. The predicted molar refractivity (Wildman–Crippen MR) is 112 cm³/mol. The van der Waals surface area contributed by atoms with Crippen LogP contribution >= 0.6 is 12.2 Å². The second kappa shape index (κ2) is 7.87. The molecule has 2 aromatic rings. The molecular formula is C20H25N5O2S. The Morgan fingerprint density at radius 1 is 1.21 bits per heavy atom. The first-order chi connectivity index (χ1) is 13.5. The van der Waals surface area contributed by atoms with E-state index >= 15 is 0 Å². The molecule has 0 spiro atoms. The number of aryl methyl sites for hydroxylation is 1. The number of thiocarbonyl (C=S) groups is 1. The highest BCUT2D eigenvalue weighted by Crippen LogP contribution is 2.23. The molecule has 3 N–H and O–H groups in total. The van der Waals surface area contributed by atoms with Crippen molar-refractivity contribution in [3.8, 4) is 0 Å². The lowest BCUT2D eigenvalue weighted by Crippen LogP contribution is -2.51. The van der Waals surface area contributed by atoms with Crippen LogP contribution in [0.2, 0.25) is 0 Å². The summed E-state index contributed by atoms with van der Waals surface area (Å²) in [5.41, 5.74) is 6.37. The number of nitrogens with one attached hydrogen (secondary N) is 3. The SMILES string of the molecule is C[C@@H]1CCCC[C@@H]1NC(=S)NNC(=O)c1ccc2c(=O)n3c(nc2c1)CCC3. The van der Waals surface area contributed by atoms with Gasteiger partial charge in [0.2, 0.25) is 0 Å². The fourth-order valence-corrected chi connectivity index (χ4v) is 4.35. The van der Waals surface area contributed by atoms with Crippen molar-refractivity contribution < 1.29 is 4.79 Å². The van der Waals surface area contributed by atoms with E-state index in [4.69, 9.17) is 12.2 Å². The molecule has 2 aliphatic rings. The van der Waals surface area contributed by atoms with Gasteiger partial charge in [-0.15, -0.1) is 0 Å². The van der Waals surface area contributed by atoms with Gasteiger partial charge in [0, 0.05) is 24.6 Å². The van der Waals surface area contributed by atoms with Gasteiger partial charge in [-0.3, -0.25) is 25.0 Å². The van der Waals surface area contributed by atoms with Gasteiger partial charge in [-0.05, 0) is 55.6 Å². The van der Waals surface area contributed by atoms with Crippen LogP contribution in [0.4, 0.5) is 0 Å². The van der Waals surface area contributed by atoms with Gasteiger partial charge in [0.1, 0.15) is 5.82 Å². The summed E-state index contributed by atoms with van der Waals surface area (Å²) in [6.07, 6.45) is 6.47. The molecule has 1 fully saturated rings. The van der Waals surface area contributed by atoms with E-state index in [0.717, 1.165) is 25.1 Å². The van der Waals surface area contributed by atoms with Crippen LogP contribution in [0.3, 0.4) is 0 Å². The normalized spacial score (nSPS) is 21.2. The Kier molecular flexibility index (Phi) is 5.30. The van der Waals surface area contributed by atoms with Crippen molar-refractivity contribution in [1.29, 1.82) is 0 Å². The standard InChI is InChI=1S/C20H25N5O2S/c1-12-5-2-3-6-15(12)22-20(28)24-23-18(26)13-8-9-14-16(11-13)21-17-7-4-10-25(17)19(14)27/h8-9,11-12,15H,2-7,10H2,1H3,(H,23,26)(H2,22,24,28)/t12-,15+/m1/s1. The zero-order chi connectivity index (χ0) is 19.7. The van der Waals surface area contributed by atoms with Crippen LogP contribution in [0.5, 0.6) is 0 Å². The number of carbonyl (C=O) groups excluding carboxylic acids is 1. The molecule has 0 unspecified atom stereocenters. The molecule has 0 saturated heterocycles. The number of hydrogen-bond donors (Lipinski definition) is 3. The van der Waals surface area contributed by atoms with E-state index < -0.39 is 0 Å². The fraction of sp³-hybridized carbons (Fsp3) is 0.500. The fourth-order valence-electron chi connectivity index (χ4n) is 4.15. The molecule has 0 radical (unpaired) electrons. The highest BCUT2D eigenvalue weighted by atomic mass is 32.1. The maximum absolute atomic E-state index is 12.5. The van der Waals surface area contributed by atoms with Crippen LogP contribution in [0.1, 0.15) is 55.2 Å². The maximum Gasteiger partial charge on any atom is 0.269 e. The first kappa shape index (κ1) is 18.9. The average molecular weight is 400 g/mol. The van der Waals surface area contributed by atoms with Gasteiger partial charge in [-0.25, -0.2) is 4.98 Å². The molecule has 4 rings (SSSR count). The molecule has 1 saturated carbocycles. The number of carbonyl (C=O) groups is 1. The van der Waals surface area contributed by atoms with Crippen molar-refractivity contribution in [3.63, 3.8) is 0 Å². The molecular weight excluding hydrogens is 374 g/mol. The summed E-state index contributed by atoms with van der Waals surface area (Å²) in [6, 6.07) is 5.31. The molecule has 0 bridgehead atoms. The molecule has 1 amide bonds. The van der Waals surface area contributed by atoms with Gasteiger partial charge in [-0.1, -0.05) is 19.8 Å². The number of hydrogen-bond acceptors (Lipinski definition) is 4. The largest absolute Gasteiger partial charge is 0.358 e. The first-order valence-electron chi connectivity index (χ1n) is 9.93. The summed E-state index contributed by atoms with van der Waals surface area (Å²) < 4.78 is 1.72. The van der Waals surface area contributed by atoms with Crippen molar-refractivity contribution in [2.45, 2.75) is 58.0 Å². The van der Waals surface area contributed by atoms with E-state index in [2.05, 4.69) is 28.1 Å². The summed E-state index contributed by atoms with van der Waals surface area (Å²) in [7, 11) is 0. The smallest absolute Gasteiger partial charge is 0.269 e. The van der Waals surface area contributed by atoms with Crippen LogP contribution in [-0.4, -0.2) is 26.6 Å². The number of rotatable bonds is 2. The Balaban J connectivity index is 1.42. The Hall–Kier alpha value is -2.48. The number of amides is 1. The van der Waals surface area contributed by atoms with Gasteiger partial charge >= 0.3 is 0 Å². The van der Waals surface area contributed by atoms with Crippen molar-refractivity contribution in [2.75, 3.05) is 0 Å². The monoisotopic (exact) mass is 399 g/mol. The lowest BCUT2D eigenvalue weighted by molar-refractivity contribution is 0.0943. The second-order valence-corrected chi connectivity index (χ2v) is 8.15. The third kappa shape index (κ3) is 3.73. The Bertz CT molecular complexity index is 986. The Morgan fingerprint density at radius 2 is 2.04 bits per heavy atom. The molecule has 1 aliphatic carbocycles. The molecule has 2 atom stereocenters. The lowest BCUT2D eigenvalue weighted by atomic mass is 9.86. The average Bonchev–Trinajstić information content (AvgIpc) is 3.16. The van der Waals surface area contributed by atoms with Crippen LogP contribution in [0.15, 0.2) is 23.0 Å². The minimum absolute atomic E-state index is 0.0328. The number of nitrogens with zero attached hydrogens (tertiary/aromatic N) is 2. The van der Waals surface area contributed by atoms with E-state index in [9.17, 15) is 9.59 Å². The number of fused-ring (bicyclic) bond motifs is 2. The minimum atomic E-state index is -0.315. The van der Waals surface area contributed by atoms with Crippen molar-refractivity contribution in [2.24, 2.45) is 5.92 Å². The molecule has 28 heavy (non-hydrogen) atoms. The van der Waals surface area contributed by atoms with Crippen molar-refractivity contribution in [1.82, 2.24) is 25.7 Å². The number of hydrazine groups is 1. The molecule has 1 aromatic carbocycles. The van der Waals surface area contributed by atoms with E-state index in [1.165, 1.54) is 19.3 Å². The summed E-state index contributed by atoms with van der Waals surface area (Å²) in [5.74, 6) is 1.04. The first-order valence-corrected chi connectivity index (χ1v) is 10.3. The maximum atomic E-state index is 12.5. The number of aromatic nitrogens is 2. The van der Waals surface area contributed by atoms with Gasteiger partial charge in [0.15, 0.2) is 5.11 Å². The minimum Gasteiger partial charge on any atom is -0.358 e. The molecule has 1 aliphatic heterocycles. The topological polar surface area (TPSA) is 88.0 Å².